The minimum absolute atomic E-state index is 0.0126. The van der Waals surface area contributed by atoms with Crippen molar-refractivity contribution in [3.8, 4) is 0 Å². The molecule has 0 bridgehead atoms. The number of hydrogen-bond acceptors (Lipinski definition) is 4. The van der Waals surface area contributed by atoms with E-state index in [9.17, 15) is 18.0 Å². The first-order valence-electron chi connectivity index (χ1n) is 6.78. The Morgan fingerprint density at radius 2 is 1.84 bits per heavy atom. The number of fused-ring (bicyclic) bond motifs is 1. The van der Waals surface area contributed by atoms with Crippen LogP contribution >= 0.6 is 0 Å². The van der Waals surface area contributed by atoms with E-state index in [2.05, 4.69) is 0 Å². The molecule has 0 N–H and O–H groups in total. The van der Waals surface area contributed by atoms with Crippen molar-refractivity contribution in [2.24, 2.45) is 0 Å². The maximum Gasteiger partial charge on any atom is 0.246 e. The summed E-state index contributed by atoms with van der Waals surface area (Å²) in [5.41, 5.74) is 0. The lowest BCUT2D eigenvalue weighted by molar-refractivity contribution is -0.155. The summed E-state index contributed by atoms with van der Waals surface area (Å²) in [7, 11) is -3.06. The van der Waals surface area contributed by atoms with E-state index in [1.54, 1.807) is 4.90 Å². The van der Waals surface area contributed by atoms with Crippen molar-refractivity contribution in [2.75, 3.05) is 24.6 Å². The minimum Gasteiger partial charge on any atom is -0.329 e. The average molecular weight is 286 g/mol. The zero-order valence-corrected chi connectivity index (χ0v) is 11.6. The van der Waals surface area contributed by atoms with Crippen LogP contribution in [0.4, 0.5) is 0 Å². The van der Waals surface area contributed by atoms with E-state index in [1.165, 1.54) is 4.90 Å². The Hall–Kier alpha value is -1.11. The van der Waals surface area contributed by atoms with Crippen molar-refractivity contribution >= 4 is 21.7 Å². The topological polar surface area (TPSA) is 74.8 Å². The molecule has 0 aromatic heterocycles. The van der Waals surface area contributed by atoms with Crippen LogP contribution in [0.5, 0.6) is 0 Å². The summed E-state index contributed by atoms with van der Waals surface area (Å²) in [6, 6.07) is -0.649. The molecule has 3 fully saturated rings. The Balaban J connectivity index is 1.81. The number of carbonyl (C=O) groups excluding carboxylic acids is 2. The molecule has 3 aliphatic heterocycles. The summed E-state index contributed by atoms with van der Waals surface area (Å²) in [5, 5.41) is 0. The van der Waals surface area contributed by atoms with Crippen LogP contribution in [0.25, 0.3) is 0 Å². The third-order valence-electron chi connectivity index (χ3n) is 4.33. The maximum atomic E-state index is 12.4. The van der Waals surface area contributed by atoms with Crippen LogP contribution in [0.2, 0.25) is 0 Å². The number of sulfone groups is 1. The van der Waals surface area contributed by atoms with Crippen LogP contribution < -0.4 is 0 Å². The molecule has 3 saturated heterocycles. The molecule has 0 aromatic rings. The molecule has 2 unspecified atom stereocenters. The van der Waals surface area contributed by atoms with E-state index in [0.717, 1.165) is 6.42 Å². The van der Waals surface area contributed by atoms with Gasteiger partial charge >= 0.3 is 0 Å². The first-order chi connectivity index (χ1) is 8.98. The summed E-state index contributed by atoms with van der Waals surface area (Å²) >= 11 is 0. The predicted molar refractivity (Wildman–Crippen MR) is 68.1 cm³/mol. The van der Waals surface area contributed by atoms with Gasteiger partial charge in [0.15, 0.2) is 9.84 Å². The van der Waals surface area contributed by atoms with Crippen molar-refractivity contribution < 1.29 is 18.0 Å². The largest absolute Gasteiger partial charge is 0.329 e. The van der Waals surface area contributed by atoms with Gasteiger partial charge in [0.05, 0.1) is 11.5 Å². The molecule has 2 amide bonds. The molecular formula is C12H18N2O4S. The highest BCUT2D eigenvalue weighted by atomic mass is 32.2. The van der Waals surface area contributed by atoms with Crippen LogP contribution in [-0.2, 0) is 19.4 Å². The molecule has 0 aliphatic carbocycles. The van der Waals surface area contributed by atoms with Gasteiger partial charge in [-0.05, 0) is 25.7 Å². The number of hydrogen-bond donors (Lipinski definition) is 0. The summed E-state index contributed by atoms with van der Waals surface area (Å²) in [5.74, 6) is 0.123. The van der Waals surface area contributed by atoms with Crippen molar-refractivity contribution in [2.45, 2.75) is 37.8 Å². The molecule has 7 heteroatoms. The van der Waals surface area contributed by atoms with Crippen molar-refractivity contribution in [3.05, 3.63) is 0 Å². The predicted octanol–water partition coefficient (Wildman–Crippen LogP) is -0.603. The molecule has 2 atom stereocenters. The van der Waals surface area contributed by atoms with Crippen LogP contribution in [0.15, 0.2) is 0 Å². The smallest absolute Gasteiger partial charge is 0.246 e. The van der Waals surface area contributed by atoms with Gasteiger partial charge in [0, 0.05) is 12.6 Å². The second-order valence-electron chi connectivity index (χ2n) is 5.62. The molecule has 3 heterocycles. The standard InChI is InChI=1S/C12H18N2O4S/c15-11-7-14(9-3-2-6-19(17,18)8-9)12(16)10-4-1-5-13(10)11/h9-10H,1-8H2. The highest BCUT2D eigenvalue weighted by molar-refractivity contribution is 7.91. The van der Waals surface area contributed by atoms with Gasteiger partial charge in [-0.1, -0.05) is 0 Å². The molecule has 3 rings (SSSR count). The molecule has 19 heavy (non-hydrogen) atoms. The zero-order chi connectivity index (χ0) is 13.6. The van der Waals surface area contributed by atoms with Crippen LogP contribution in [0.3, 0.4) is 0 Å². The second-order valence-corrected chi connectivity index (χ2v) is 7.85. The van der Waals surface area contributed by atoms with E-state index in [1.807, 2.05) is 0 Å². The fraction of sp³-hybridized carbons (Fsp3) is 0.833. The Labute approximate surface area is 112 Å². The Bertz CT molecular complexity index is 516. The molecular weight excluding hydrogens is 268 g/mol. The van der Waals surface area contributed by atoms with Gasteiger partial charge in [0.25, 0.3) is 0 Å². The third kappa shape index (κ3) is 2.24. The highest BCUT2D eigenvalue weighted by Crippen LogP contribution is 2.27. The number of nitrogens with zero attached hydrogens (tertiary/aromatic N) is 2. The molecule has 0 radical (unpaired) electrons. The fourth-order valence-corrected chi connectivity index (χ4v) is 5.09. The summed E-state index contributed by atoms with van der Waals surface area (Å²) in [4.78, 5) is 27.6. The lowest BCUT2D eigenvalue weighted by Gasteiger charge is -2.41. The monoisotopic (exact) mass is 286 g/mol. The molecule has 0 aromatic carbocycles. The van der Waals surface area contributed by atoms with Crippen LogP contribution in [0.1, 0.15) is 25.7 Å². The summed E-state index contributed by atoms with van der Waals surface area (Å²) in [6.07, 6.45) is 2.84. The average Bonchev–Trinajstić information content (AvgIpc) is 2.82. The van der Waals surface area contributed by atoms with Crippen molar-refractivity contribution in [3.63, 3.8) is 0 Å². The fourth-order valence-electron chi connectivity index (χ4n) is 3.38. The van der Waals surface area contributed by atoms with E-state index in [4.69, 9.17) is 0 Å². The molecule has 3 aliphatic rings. The Morgan fingerprint density at radius 1 is 1.05 bits per heavy atom. The van der Waals surface area contributed by atoms with Gasteiger partial charge in [-0.2, -0.15) is 0 Å². The van der Waals surface area contributed by atoms with Gasteiger partial charge in [-0.3, -0.25) is 9.59 Å². The van der Waals surface area contributed by atoms with Gasteiger partial charge in [0.1, 0.15) is 12.6 Å². The first kappa shape index (κ1) is 12.9. The van der Waals surface area contributed by atoms with E-state index in [0.29, 0.717) is 25.8 Å². The quantitative estimate of drug-likeness (QED) is 0.645. The van der Waals surface area contributed by atoms with Crippen LogP contribution in [-0.4, -0.2) is 66.7 Å². The lowest BCUT2D eigenvalue weighted by Crippen LogP contribution is -2.61. The maximum absolute atomic E-state index is 12.4. The van der Waals surface area contributed by atoms with E-state index in [-0.39, 0.29) is 41.9 Å². The summed E-state index contributed by atoms with van der Waals surface area (Å²) in [6.45, 7) is 0.710. The molecule has 106 valence electrons. The SMILES string of the molecule is O=C1C2CCCN2C(=O)CN1C1CCCS(=O)(=O)C1. The van der Waals surface area contributed by atoms with E-state index >= 15 is 0 Å². The van der Waals surface area contributed by atoms with Crippen LogP contribution in [0, 0.1) is 0 Å². The number of piperazine rings is 1. The molecule has 6 nitrogen and oxygen atoms in total. The molecule has 0 saturated carbocycles. The normalized spacial score (nSPS) is 34.5. The van der Waals surface area contributed by atoms with Gasteiger partial charge in [-0.25, -0.2) is 8.42 Å². The van der Waals surface area contributed by atoms with E-state index < -0.39 is 9.84 Å². The Morgan fingerprint density at radius 3 is 2.58 bits per heavy atom. The van der Waals surface area contributed by atoms with Gasteiger partial charge in [-0.15, -0.1) is 0 Å². The second kappa shape index (κ2) is 4.47. The minimum atomic E-state index is -3.06. The highest BCUT2D eigenvalue weighted by Gasteiger charge is 2.45. The Kier molecular flexibility index (Phi) is 3.03. The van der Waals surface area contributed by atoms with Gasteiger partial charge < -0.3 is 9.80 Å². The number of carbonyl (C=O) groups is 2. The number of rotatable bonds is 1. The van der Waals surface area contributed by atoms with Crippen molar-refractivity contribution in [1.29, 1.82) is 0 Å². The van der Waals surface area contributed by atoms with Gasteiger partial charge in [0.2, 0.25) is 11.8 Å². The molecule has 0 spiro atoms. The summed E-state index contributed by atoms with van der Waals surface area (Å²) < 4.78 is 23.4. The first-order valence-corrected chi connectivity index (χ1v) is 8.60. The van der Waals surface area contributed by atoms with Crippen molar-refractivity contribution in [1.82, 2.24) is 9.80 Å². The number of amides is 2. The lowest BCUT2D eigenvalue weighted by atomic mass is 10.1. The zero-order valence-electron chi connectivity index (χ0n) is 10.7. The third-order valence-corrected chi connectivity index (χ3v) is 6.13.